The fourth-order valence-electron chi connectivity index (χ4n) is 0.926. The normalized spacial score (nSPS) is 11.5. The van der Waals surface area contributed by atoms with Crippen LogP contribution in [-0.2, 0) is 10.1 Å². The molecule has 0 atom stereocenters. The van der Waals surface area contributed by atoms with Gasteiger partial charge in [-0.05, 0) is 6.92 Å². The summed E-state index contributed by atoms with van der Waals surface area (Å²) in [6.45, 7) is 1.36. The second kappa shape index (κ2) is 2.82. The summed E-state index contributed by atoms with van der Waals surface area (Å²) in [4.78, 5) is 6.46. The summed E-state index contributed by atoms with van der Waals surface area (Å²) in [6, 6.07) is 0. The topological polar surface area (TPSA) is 132 Å². The highest BCUT2D eigenvalue weighted by molar-refractivity contribution is 7.86. The van der Waals surface area contributed by atoms with Crippen molar-refractivity contribution >= 4 is 21.9 Å². The van der Waals surface area contributed by atoms with Crippen LogP contribution in [0, 0.1) is 6.92 Å². The fourth-order valence-corrected chi connectivity index (χ4v) is 1.65. The van der Waals surface area contributed by atoms with Crippen LogP contribution in [0.4, 0.5) is 11.8 Å². The summed E-state index contributed by atoms with van der Waals surface area (Å²) in [5.74, 6) is -0.491. The third-order valence-electron chi connectivity index (χ3n) is 1.34. The van der Waals surface area contributed by atoms with Gasteiger partial charge in [-0.1, -0.05) is 0 Å². The Balaban J connectivity index is 3.57. The molecule has 72 valence electrons. The van der Waals surface area contributed by atoms with Gasteiger partial charge in [0.25, 0.3) is 10.1 Å². The number of nitrogen functional groups attached to an aromatic ring is 2. The Hall–Kier alpha value is -1.41. The highest BCUT2D eigenvalue weighted by Gasteiger charge is 2.19. The molecule has 5 N–H and O–H groups in total. The minimum atomic E-state index is -4.39. The van der Waals surface area contributed by atoms with Crippen molar-refractivity contribution in [1.29, 1.82) is 0 Å². The standard InChI is InChI=1S/C5H8N4O3S/c1-2-3(13(10,11)12)4(6)9-5(7)8-2/h1H3,(H,10,11,12)(H4,6,7,8,9). The van der Waals surface area contributed by atoms with Crippen LogP contribution in [-0.4, -0.2) is 22.9 Å². The van der Waals surface area contributed by atoms with Crippen LogP contribution < -0.4 is 11.5 Å². The third kappa shape index (κ3) is 1.84. The third-order valence-corrected chi connectivity index (χ3v) is 2.36. The van der Waals surface area contributed by atoms with Crippen LogP contribution >= 0.6 is 0 Å². The Labute approximate surface area is 74.5 Å². The number of hydrogen-bond acceptors (Lipinski definition) is 6. The molecule has 1 rings (SSSR count). The molecule has 0 bridgehead atoms. The number of hydrogen-bond donors (Lipinski definition) is 3. The lowest BCUT2D eigenvalue weighted by molar-refractivity contribution is 0.482. The van der Waals surface area contributed by atoms with Gasteiger partial charge in [-0.3, -0.25) is 4.55 Å². The second-order valence-electron chi connectivity index (χ2n) is 2.36. The number of aromatic nitrogens is 2. The zero-order valence-electron chi connectivity index (χ0n) is 6.72. The van der Waals surface area contributed by atoms with E-state index in [0.29, 0.717) is 0 Å². The van der Waals surface area contributed by atoms with Gasteiger partial charge in [0.1, 0.15) is 0 Å². The van der Waals surface area contributed by atoms with E-state index in [-0.39, 0.29) is 17.5 Å². The van der Waals surface area contributed by atoms with Gasteiger partial charge in [-0.25, -0.2) is 4.98 Å². The van der Waals surface area contributed by atoms with Crippen LogP contribution in [0.3, 0.4) is 0 Å². The van der Waals surface area contributed by atoms with Crippen molar-refractivity contribution < 1.29 is 13.0 Å². The maximum Gasteiger partial charge on any atom is 0.300 e. The van der Waals surface area contributed by atoms with Gasteiger partial charge in [0.05, 0.1) is 5.69 Å². The fraction of sp³-hybridized carbons (Fsp3) is 0.200. The summed E-state index contributed by atoms with van der Waals surface area (Å²) in [7, 11) is -4.39. The zero-order valence-corrected chi connectivity index (χ0v) is 7.54. The number of aryl methyl sites for hydroxylation is 1. The smallest absolute Gasteiger partial charge is 0.300 e. The second-order valence-corrected chi connectivity index (χ2v) is 3.72. The van der Waals surface area contributed by atoms with Gasteiger partial charge < -0.3 is 11.5 Å². The molecule has 0 aliphatic rings. The summed E-state index contributed by atoms with van der Waals surface area (Å²) < 4.78 is 30.2. The number of nitrogens with two attached hydrogens (primary N) is 2. The SMILES string of the molecule is Cc1nc(N)nc(N)c1S(=O)(=O)O. The Kier molecular flexibility index (Phi) is 2.10. The molecule has 0 unspecified atom stereocenters. The van der Waals surface area contributed by atoms with E-state index in [1.165, 1.54) is 6.92 Å². The molecule has 1 aromatic rings. The minimum Gasteiger partial charge on any atom is -0.382 e. The van der Waals surface area contributed by atoms with E-state index in [1.807, 2.05) is 0 Å². The molecule has 0 amide bonds. The van der Waals surface area contributed by atoms with E-state index in [9.17, 15) is 8.42 Å². The predicted molar refractivity (Wildman–Crippen MR) is 45.4 cm³/mol. The van der Waals surface area contributed by atoms with Gasteiger partial charge in [-0.2, -0.15) is 13.4 Å². The molecule has 1 aromatic heterocycles. The average Bonchev–Trinajstić information content (AvgIpc) is 1.78. The number of nitrogens with zero attached hydrogens (tertiary/aromatic N) is 2. The van der Waals surface area contributed by atoms with Crippen molar-refractivity contribution in [2.45, 2.75) is 11.8 Å². The number of rotatable bonds is 1. The summed E-state index contributed by atoms with van der Waals surface area (Å²) in [6.07, 6.45) is 0. The molecule has 0 spiro atoms. The van der Waals surface area contributed by atoms with E-state index in [0.717, 1.165) is 0 Å². The van der Waals surface area contributed by atoms with Crippen molar-refractivity contribution in [1.82, 2.24) is 9.97 Å². The van der Waals surface area contributed by atoms with Crippen LogP contribution in [0.5, 0.6) is 0 Å². The first-order chi connectivity index (χ1) is 5.82. The van der Waals surface area contributed by atoms with Crippen LogP contribution in [0.1, 0.15) is 5.69 Å². The van der Waals surface area contributed by atoms with E-state index in [1.54, 1.807) is 0 Å². The largest absolute Gasteiger partial charge is 0.382 e. The molecule has 0 aromatic carbocycles. The molecule has 13 heavy (non-hydrogen) atoms. The summed E-state index contributed by atoms with van der Waals surface area (Å²) in [5, 5.41) is 0. The molecule has 8 heteroatoms. The molecular formula is C5H8N4O3S. The molecule has 0 radical (unpaired) electrons. The van der Waals surface area contributed by atoms with Crippen LogP contribution in [0.2, 0.25) is 0 Å². The van der Waals surface area contributed by atoms with E-state index in [2.05, 4.69) is 9.97 Å². The lowest BCUT2D eigenvalue weighted by Crippen LogP contribution is -2.11. The molecule has 0 saturated heterocycles. The Morgan fingerprint density at radius 1 is 1.31 bits per heavy atom. The first-order valence-corrected chi connectivity index (χ1v) is 4.63. The van der Waals surface area contributed by atoms with Gasteiger partial charge >= 0.3 is 0 Å². The van der Waals surface area contributed by atoms with Gasteiger partial charge in [0.15, 0.2) is 10.7 Å². The quantitative estimate of drug-likeness (QED) is 0.510. The zero-order chi connectivity index (χ0) is 10.2. The Morgan fingerprint density at radius 2 is 1.85 bits per heavy atom. The first kappa shape index (κ1) is 9.68. The first-order valence-electron chi connectivity index (χ1n) is 3.19. The Bertz CT molecular complexity index is 418. The molecule has 7 nitrogen and oxygen atoms in total. The lowest BCUT2D eigenvalue weighted by Gasteiger charge is -2.04. The lowest BCUT2D eigenvalue weighted by atomic mass is 10.4. The minimum absolute atomic E-state index is 0.0208. The van der Waals surface area contributed by atoms with Crippen molar-refractivity contribution in [3.63, 3.8) is 0 Å². The summed E-state index contributed by atoms with van der Waals surface area (Å²) >= 11 is 0. The highest BCUT2D eigenvalue weighted by Crippen LogP contribution is 2.19. The van der Waals surface area contributed by atoms with E-state index in [4.69, 9.17) is 16.0 Å². The van der Waals surface area contributed by atoms with Crippen molar-refractivity contribution in [3.8, 4) is 0 Å². The molecular weight excluding hydrogens is 196 g/mol. The van der Waals surface area contributed by atoms with Crippen molar-refractivity contribution in [2.75, 3.05) is 11.5 Å². The van der Waals surface area contributed by atoms with Gasteiger partial charge in [0, 0.05) is 0 Å². The van der Waals surface area contributed by atoms with Gasteiger partial charge in [0.2, 0.25) is 5.95 Å². The van der Waals surface area contributed by atoms with Crippen LogP contribution in [0.15, 0.2) is 4.90 Å². The van der Waals surface area contributed by atoms with Crippen LogP contribution in [0.25, 0.3) is 0 Å². The number of anilines is 2. The summed E-state index contributed by atoms with van der Waals surface area (Å²) in [5.41, 5.74) is 10.5. The Morgan fingerprint density at radius 3 is 2.23 bits per heavy atom. The predicted octanol–water partition coefficient (Wildman–Crippen LogP) is -0.804. The van der Waals surface area contributed by atoms with Crippen molar-refractivity contribution in [3.05, 3.63) is 5.69 Å². The average molecular weight is 204 g/mol. The van der Waals surface area contributed by atoms with Crippen molar-refractivity contribution in [2.24, 2.45) is 0 Å². The molecule has 0 saturated carbocycles. The highest BCUT2D eigenvalue weighted by atomic mass is 32.2. The molecule has 0 aliphatic heterocycles. The maximum atomic E-state index is 10.7. The molecule has 0 aliphatic carbocycles. The van der Waals surface area contributed by atoms with Gasteiger partial charge in [-0.15, -0.1) is 0 Å². The maximum absolute atomic E-state index is 10.7. The van der Waals surface area contributed by atoms with E-state index < -0.39 is 15.0 Å². The monoisotopic (exact) mass is 204 g/mol. The molecule has 1 heterocycles. The molecule has 0 fully saturated rings. The van der Waals surface area contributed by atoms with E-state index >= 15 is 0 Å².